The molecule has 3 heteroatoms. The number of hydrogen-bond acceptors (Lipinski definition) is 2. The molecule has 0 aromatic rings. The molecular formula is C15H16N2O. The average molecular weight is 240 g/mol. The Labute approximate surface area is 107 Å². The van der Waals surface area contributed by atoms with Crippen LogP contribution in [0, 0.1) is 0 Å². The van der Waals surface area contributed by atoms with Gasteiger partial charge in [-0.15, -0.1) is 0 Å². The maximum absolute atomic E-state index is 11.9. The molecule has 3 nitrogen and oxygen atoms in total. The molecule has 3 aliphatic heterocycles. The molecule has 0 unspecified atom stereocenters. The number of carbonyl (C=O) groups excluding carboxylic acids is 1. The van der Waals surface area contributed by atoms with Crippen LogP contribution in [-0.2, 0) is 4.79 Å². The van der Waals surface area contributed by atoms with Crippen molar-refractivity contribution in [1.82, 2.24) is 4.90 Å². The Kier molecular flexibility index (Phi) is 2.10. The van der Waals surface area contributed by atoms with Crippen LogP contribution in [0.25, 0.3) is 0 Å². The number of fused-ring (bicyclic) bond motifs is 3. The van der Waals surface area contributed by atoms with E-state index in [1.54, 1.807) is 0 Å². The lowest BCUT2D eigenvalue weighted by atomic mass is 9.90. The molecule has 0 N–H and O–H groups in total. The van der Waals surface area contributed by atoms with Crippen LogP contribution >= 0.6 is 0 Å². The van der Waals surface area contributed by atoms with Gasteiger partial charge in [-0.3, -0.25) is 4.79 Å². The van der Waals surface area contributed by atoms with E-state index < -0.39 is 0 Å². The van der Waals surface area contributed by atoms with E-state index in [0.717, 1.165) is 50.1 Å². The molecule has 1 saturated heterocycles. The summed E-state index contributed by atoms with van der Waals surface area (Å²) < 4.78 is 0. The van der Waals surface area contributed by atoms with Gasteiger partial charge in [-0.25, -0.2) is 4.99 Å². The van der Waals surface area contributed by atoms with Gasteiger partial charge >= 0.3 is 0 Å². The predicted molar refractivity (Wildman–Crippen MR) is 70.0 cm³/mol. The lowest BCUT2D eigenvalue weighted by Crippen LogP contribution is -2.37. The minimum atomic E-state index is 0.290. The summed E-state index contributed by atoms with van der Waals surface area (Å²) in [6.07, 6.45) is 10.3. The lowest BCUT2D eigenvalue weighted by Gasteiger charge is -2.34. The summed E-state index contributed by atoms with van der Waals surface area (Å²) in [5.74, 6) is 0.290. The van der Waals surface area contributed by atoms with Gasteiger partial charge in [-0.05, 0) is 49.3 Å². The highest BCUT2D eigenvalue weighted by Crippen LogP contribution is 2.41. The van der Waals surface area contributed by atoms with Crippen LogP contribution in [0.5, 0.6) is 0 Å². The van der Waals surface area contributed by atoms with Gasteiger partial charge in [0.2, 0.25) is 5.91 Å². The largest absolute Gasteiger partial charge is 0.314 e. The van der Waals surface area contributed by atoms with Crippen molar-refractivity contribution < 1.29 is 4.79 Å². The van der Waals surface area contributed by atoms with Gasteiger partial charge in [0, 0.05) is 18.7 Å². The van der Waals surface area contributed by atoms with Gasteiger partial charge in [-0.1, -0.05) is 6.08 Å². The van der Waals surface area contributed by atoms with E-state index in [0.29, 0.717) is 12.3 Å². The summed E-state index contributed by atoms with van der Waals surface area (Å²) in [7, 11) is 0. The van der Waals surface area contributed by atoms with E-state index in [9.17, 15) is 4.79 Å². The zero-order chi connectivity index (χ0) is 12.1. The smallest absolute Gasteiger partial charge is 0.226 e. The maximum atomic E-state index is 11.9. The summed E-state index contributed by atoms with van der Waals surface area (Å²) in [5, 5.41) is 0. The van der Waals surface area contributed by atoms with Crippen LogP contribution in [0.1, 0.15) is 38.5 Å². The van der Waals surface area contributed by atoms with Gasteiger partial charge in [0.25, 0.3) is 0 Å². The molecule has 0 saturated carbocycles. The molecule has 0 radical (unpaired) electrons. The highest BCUT2D eigenvalue weighted by atomic mass is 16.2. The zero-order valence-corrected chi connectivity index (χ0v) is 10.4. The second-order valence-electron chi connectivity index (χ2n) is 5.34. The molecule has 92 valence electrons. The highest BCUT2D eigenvalue weighted by Gasteiger charge is 2.35. The lowest BCUT2D eigenvalue weighted by molar-refractivity contribution is -0.131. The first-order chi connectivity index (χ1) is 8.84. The maximum Gasteiger partial charge on any atom is 0.226 e. The second-order valence-corrected chi connectivity index (χ2v) is 5.34. The van der Waals surface area contributed by atoms with Gasteiger partial charge in [0.1, 0.15) is 0 Å². The molecule has 0 spiro atoms. The van der Waals surface area contributed by atoms with Crippen LogP contribution in [0.3, 0.4) is 0 Å². The predicted octanol–water partition coefficient (Wildman–Crippen LogP) is 2.72. The molecule has 0 aromatic carbocycles. The van der Waals surface area contributed by atoms with Crippen molar-refractivity contribution in [2.75, 3.05) is 6.54 Å². The van der Waals surface area contributed by atoms with E-state index in [2.05, 4.69) is 12.2 Å². The van der Waals surface area contributed by atoms with E-state index in [1.165, 1.54) is 16.8 Å². The van der Waals surface area contributed by atoms with Crippen LogP contribution in [0.4, 0.5) is 0 Å². The Balaban J connectivity index is 1.88. The molecule has 18 heavy (non-hydrogen) atoms. The Bertz CT molecular complexity index is 563. The van der Waals surface area contributed by atoms with Crippen molar-refractivity contribution in [2.45, 2.75) is 38.5 Å². The minimum Gasteiger partial charge on any atom is -0.314 e. The van der Waals surface area contributed by atoms with E-state index in [1.807, 2.05) is 4.90 Å². The molecule has 3 heterocycles. The first-order valence-electron chi connectivity index (χ1n) is 6.86. The Morgan fingerprint density at radius 3 is 3.00 bits per heavy atom. The van der Waals surface area contributed by atoms with Gasteiger partial charge < -0.3 is 4.90 Å². The normalized spacial score (nSPS) is 26.1. The van der Waals surface area contributed by atoms with Gasteiger partial charge in [0.05, 0.1) is 11.4 Å². The Morgan fingerprint density at radius 1 is 1.11 bits per heavy atom. The van der Waals surface area contributed by atoms with Crippen LogP contribution in [0.15, 0.2) is 39.7 Å². The molecule has 4 aliphatic rings. The first kappa shape index (κ1) is 10.3. The quantitative estimate of drug-likeness (QED) is 0.640. The van der Waals surface area contributed by atoms with Gasteiger partial charge in [0.15, 0.2) is 0 Å². The molecule has 0 atom stereocenters. The number of hydrogen-bond donors (Lipinski definition) is 0. The molecule has 0 bridgehead atoms. The molecule has 1 aliphatic carbocycles. The van der Waals surface area contributed by atoms with Crippen LogP contribution < -0.4 is 0 Å². The summed E-state index contributed by atoms with van der Waals surface area (Å²) >= 11 is 0. The van der Waals surface area contributed by atoms with Gasteiger partial charge in [-0.2, -0.15) is 0 Å². The Hall–Kier alpha value is -1.64. The third kappa shape index (κ3) is 1.30. The molecule has 4 rings (SSSR count). The third-order valence-electron chi connectivity index (χ3n) is 4.32. The average Bonchev–Trinajstić information content (AvgIpc) is 2.78. The van der Waals surface area contributed by atoms with Crippen LogP contribution in [0.2, 0.25) is 0 Å². The number of rotatable bonds is 0. The number of amides is 1. The molecule has 1 amide bonds. The van der Waals surface area contributed by atoms with E-state index >= 15 is 0 Å². The fraction of sp³-hybridized carbons (Fsp3) is 0.467. The van der Waals surface area contributed by atoms with Crippen molar-refractivity contribution in [3.8, 4) is 0 Å². The minimum absolute atomic E-state index is 0.290. The van der Waals surface area contributed by atoms with Crippen molar-refractivity contribution in [3.05, 3.63) is 34.7 Å². The number of piperidine rings is 1. The fourth-order valence-electron chi connectivity index (χ4n) is 3.46. The molecular weight excluding hydrogens is 224 g/mol. The second kappa shape index (κ2) is 3.67. The summed E-state index contributed by atoms with van der Waals surface area (Å²) in [5.41, 5.74) is 6.34. The number of carbonyl (C=O) groups is 1. The molecule has 0 aromatic heterocycles. The standard InChI is InChI=1S/C15H16N2O/c18-14-7-3-6-13-15-11(8-9-17(13)14)10-4-1-2-5-12(10)16-15/h2,5H,1,3-4,6-9H2. The van der Waals surface area contributed by atoms with E-state index in [-0.39, 0.29) is 0 Å². The molecule has 1 fully saturated rings. The van der Waals surface area contributed by atoms with Crippen LogP contribution in [-0.4, -0.2) is 23.1 Å². The monoisotopic (exact) mass is 240 g/mol. The summed E-state index contributed by atoms with van der Waals surface area (Å²) in [6.45, 7) is 0.864. The van der Waals surface area contributed by atoms with Crippen molar-refractivity contribution >= 4 is 11.6 Å². The number of aliphatic imine (C=N–C) groups is 1. The zero-order valence-electron chi connectivity index (χ0n) is 10.4. The topological polar surface area (TPSA) is 32.7 Å². The van der Waals surface area contributed by atoms with E-state index in [4.69, 9.17) is 4.99 Å². The fourth-order valence-corrected chi connectivity index (χ4v) is 3.46. The number of allylic oxidation sites excluding steroid dienone is 5. The summed E-state index contributed by atoms with van der Waals surface area (Å²) in [6, 6.07) is 0. The first-order valence-corrected chi connectivity index (χ1v) is 6.86. The van der Waals surface area contributed by atoms with Crippen molar-refractivity contribution in [3.63, 3.8) is 0 Å². The third-order valence-corrected chi connectivity index (χ3v) is 4.32. The SMILES string of the molecule is O=C1CCCC2=C3N=C4C=CCCC4=C3CCN12. The summed E-state index contributed by atoms with van der Waals surface area (Å²) in [4.78, 5) is 18.7. The Morgan fingerprint density at radius 2 is 2.06 bits per heavy atom. The van der Waals surface area contributed by atoms with Crippen molar-refractivity contribution in [1.29, 1.82) is 0 Å². The highest BCUT2D eigenvalue weighted by molar-refractivity contribution is 6.13. The van der Waals surface area contributed by atoms with Crippen molar-refractivity contribution in [2.24, 2.45) is 4.99 Å². The number of nitrogens with zero attached hydrogens (tertiary/aromatic N) is 2.